The molecule has 0 spiro atoms. The number of allylic oxidation sites excluding steroid dienone is 2. The van der Waals surface area contributed by atoms with E-state index in [1.54, 1.807) is 12.1 Å². The van der Waals surface area contributed by atoms with Crippen LogP contribution in [0.4, 0.5) is 13.2 Å². The van der Waals surface area contributed by atoms with Gasteiger partial charge in [-0.2, -0.15) is 13.2 Å². The fraction of sp³-hybridized carbons (Fsp3) is 0.588. The van der Waals surface area contributed by atoms with E-state index in [0.29, 0.717) is 22.6 Å². The minimum atomic E-state index is -4.06. The molecule has 2 atom stereocenters. The molecule has 1 aliphatic heterocycles. The molecule has 3 rings (SSSR count). The van der Waals surface area contributed by atoms with Gasteiger partial charge in [0, 0.05) is 23.3 Å². The van der Waals surface area contributed by atoms with Gasteiger partial charge in [0.1, 0.15) is 0 Å². The van der Waals surface area contributed by atoms with Gasteiger partial charge in [-0.25, -0.2) is 4.79 Å². The van der Waals surface area contributed by atoms with Gasteiger partial charge in [0.2, 0.25) is 0 Å². The number of carboxylic acid groups (broad SMARTS) is 1. The molecule has 7 heteroatoms. The lowest BCUT2D eigenvalue weighted by Crippen LogP contribution is -2.24. The first kappa shape index (κ1) is 33.1. The summed E-state index contributed by atoms with van der Waals surface area (Å²) in [6, 6.07) is 3.46. The molecule has 1 fully saturated rings. The first-order valence-electron chi connectivity index (χ1n) is 15.1. The van der Waals surface area contributed by atoms with E-state index in [1.165, 1.54) is 0 Å². The highest BCUT2D eigenvalue weighted by Crippen LogP contribution is 2.37. The number of carbonyl (C=O) groups is 1. The van der Waals surface area contributed by atoms with Gasteiger partial charge in [-0.1, -0.05) is 13.5 Å². The third kappa shape index (κ3) is 11.1. The van der Waals surface area contributed by atoms with Crippen LogP contribution in [0, 0.1) is 31.6 Å². The predicted molar refractivity (Wildman–Crippen MR) is 165 cm³/mol. The molecule has 0 saturated heterocycles. The van der Waals surface area contributed by atoms with Gasteiger partial charge in [0.25, 0.3) is 0 Å². The zero-order valence-electron chi connectivity index (χ0n) is 24.8. The molecule has 1 aromatic rings. The predicted octanol–water partition coefficient (Wildman–Crippen LogP) is 10.4. The third-order valence-corrected chi connectivity index (χ3v) is 9.78. The molecule has 1 aliphatic carbocycles. The number of hydrogen-bond acceptors (Lipinski definition) is 3. The van der Waals surface area contributed by atoms with Crippen LogP contribution in [0.15, 0.2) is 47.3 Å². The molecule has 1 aromatic carbocycles. The van der Waals surface area contributed by atoms with Crippen LogP contribution < -0.4 is 5.32 Å². The van der Waals surface area contributed by atoms with Crippen LogP contribution in [0.3, 0.4) is 0 Å². The van der Waals surface area contributed by atoms with Crippen LogP contribution in [0.25, 0.3) is 6.08 Å². The summed E-state index contributed by atoms with van der Waals surface area (Å²) in [4.78, 5) is 11.3. The van der Waals surface area contributed by atoms with Crippen LogP contribution >= 0.6 is 11.8 Å². The van der Waals surface area contributed by atoms with E-state index in [-0.39, 0.29) is 12.3 Å². The molecule has 1 saturated carbocycles. The number of aryl methyl sites for hydroxylation is 2. The van der Waals surface area contributed by atoms with Crippen molar-refractivity contribution < 1.29 is 23.1 Å². The van der Waals surface area contributed by atoms with Crippen LogP contribution in [-0.2, 0) is 0 Å². The topological polar surface area (TPSA) is 49.3 Å². The number of aromatic carboxylic acids is 1. The second kappa shape index (κ2) is 15.7. The zero-order chi connectivity index (χ0) is 30.0. The van der Waals surface area contributed by atoms with E-state index >= 15 is 0 Å². The molecule has 0 aromatic heterocycles. The average Bonchev–Trinajstić information content (AvgIpc) is 2.90. The van der Waals surface area contributed by atoms with Crippen LogP contribution in [0.1, 0.15) is 111 Å². The van der Waals surface area contributed by atoms with E-state index in [9.17, 15) is 23.1 Å². The van der Waals surface area contributed by atoms with Gasteiger partial charge in [-0.15, -0.1) is 17.5 Å². The standard InChI is InChI=1S/C34H46F3NO2S/c1-23-21-30(33(39)40)22-24(2)31(23)18-20-41-26(4)28-10-6-5-7-12-32(38-25(3)9-8-11-28)29-15-13-27(14-16-29)17-19-34(35,36)37/h7,18,20-22,26-29,38H,3,5-6,8-11,13-17,19H2,1-2,4H3,(H,39,40)/b20-18+/t12?,26-,27?,28?,29?/m0/s1. The summed E-state index contributed by atoms with van der Waals surface area (Å²) in [5, 5.41) is 15.5. The number of thioether (sulfide) groups is 1. The summed E-state index contributed by atoms with van der Waals surface area (Å²) in [7, 11) is 0. The first-order valence-corrected chi connectivity index (χ1v) is 16.0. The Hall–Kier alpha value is -2.37. The van der Waals surface area contributed by atoms with Crippen molar-refractivity contribution in [2.75, 3.05) is 0 Å². The van der Waals surface area contributed by atoms with E-state index in [0.717, 1.165) is 92.3 Å². The molecule has 0 bridgehead atoms. The Morgan fingerprint density at radius 3 is 2.44 bits per heavy atom. The van der Waals surface area contributed by atoms with Crippen molar-refractivity contribution in [3.8, 4) is 0 Å². The summed E-state index contributed by atoms with van der Waals surface area (Å²) in [5.74, 6) is 0.167. The monoisotopic (exact) mass is 589 g/mol. The summed E-state index contributed by atoms with van der Waals surface area (Å²) in [6.45, 7) is 10.5. The van der Waals surface area contributed by atoms with Gasteiger partial charge in [0.15, 0.2) is 0 Å². The SMILES string of the molecule is C=C1CCCC([C@H](C)S/C=C/c2c(C)cc(C(=O)O)cc2C)CCCC=C=C(C2CCC(CCC(F)(F)F)CC2)N1. The third-order valence-electron chi connectivity index (χ3n) is 8.67. The second-order valence-corrected chi connectivity index (χ2v) is 13.2. The molecule has 226 valence electrons. The van der Waals surface area contributed by atoms with E-state index in [2.05, 4.69) is 42.1 Å². The summed E-state index contributed by atoms with van der Waals surface area (Å²) < 4.78 is 37.9. The lowest BCUT2D eigenvalue weighted by atomic mass is 9.78. The Kier molecular flexibility index (Phi) is 12.7. The molecule has 0 amide bonds. The number of benzene rings is 1. The number of hydrogen-bond donors (Lipinski definition) is 2. The maximum atomic E-state index is 12.6. The molecular formula is C34H46F3NO2S. The highest BCUT2D eigenvalue weighted by Gasteiger charge is 2.31. The minimum Gasteiger partial charge on any atom is -0.478 e. The molecule has 2 aliphatic rings. The molecule has 1 unspecified atom stereocenters. The maximum Gasteiger partial charge on any atom is 0.389 e. The Bertz CT molecular complexity index is 1120. The zero-order valence-corrected chi connectivity index (χ0v) is 25.6. The highest BCUT2D eigenvalue weighted by atomic mass is 32.2. The van der Waals surface area contributed by atoms with Crippen LogP contribution in [-0.4, -0.2) is 22.5 Å². The van der Waals surface area contributed by atoms with Gasteiger partial charge in [-0.05, 0) is 143 Å². The number of nitrogens with one attached hydrogen (secondary N) is 1. The smallest absolute Gasteiger partial charge is 0.389 e. The largest absolute Gasteiger partial charge is 0.478 e. The summed E-state index contributed by atoms with van der Waals surface area (Å²) >= 11 is 1.84. The number of halogens is 3. The fourth-order valence-corrected chi connectivity index (χ4v) is 7.13. The molecule has 41 heavy (non-hydrogen) atoms. The van der Waals surface area contributed by atoms with Crippen molar-refractivity contribution in [2.24, 2.45) is 17.8 Å². The fourth-order valence-electron chi connectivity index (χ4n) is 6.18. The van der Waals surface area contributed by atoms with Crippen LogP contribution in [0.2, 0.25) is 0 Å². The number of carboxylic acids is 1. The van der Waals surface area contributed by atoms with Crippen LogP contribution in [0.5, 0.6) is 0 Å². The normalized spacial score (nSPS) is 23.8. The average molecular weight is 590 g/mol. The van der Waals surface area contributed by atoms with Crippen molar-refractivity contribution in [1.82, 2.24) is 5.32 Å². The molecule has 0 radical (unpaired) electrons. The summed E-state index contributed by atoms with van der Waals surface area (Å²) in [6.07, 6.45) is 9.54. The Morgan fingerprint density at radius 1 is 1.15 bits per heavy atom. The van der Waals surface area contributed by atoms with Gasteiger partial charge in [0.05, 0.1) is 11.3 Å². The van der Waals surface area contributed by atoms with Gasteiger partial charge >= 0.3 is 12.1 Å². The lowest BCUT2D eigenvalue weighted by molar-refractivity contribution is -0.138. The van der Waals surface area contributed by atoms with E-state index in [1.807, 2.05) is 25.6 Å². The molecular weight excluding hydrogens is 543 g/mol. The van der Waals surface area contributed by atoms with Crippen molar-refractivity contribution in [3.63, 3.8) is 0 Å². The van der Waals surface area contributed by atoms with Gasteiger partial charge in [-0.3, -0.25) is 0 Å². The molecule has 2 N–H and O–H groups in total. The Balaban J connectivity index is 1.55. The first-order chi connectivity index (χ1) is 19.4. The van der Waals surface area contributed by atoms with Crippen molar-refractivity contribution in [2.45, 2.75) is 109 Å². The molecule has 1 heterocycles. The van der Waals surface area contributed by atoms with Crippen molar-refractivity contribution in [3.05, 3.63) is 69.6 Å². The number of rotatable bonds is 8. The van der Waals surface area contributed by atoms with Crippen molar-refractivity contribution in [1.29, 1.82) is 0 Å². The minimum absolute atomic E-state index is 0.170. The van der Waals surface area contributed by atoms with E-state index < -0.39 is 18.6 Å². The molecule has 3 nitrogen and oxygen atoms in total. The second-order valence-electron chi connectivity index (χ2n) is 11.9. The Morgan fingerprint density at radius 2 is 1.80 bits per heavy atom. The summed E-state index contributed by atoms with van der Waals surface area (Å²) in [5.41, 5.74) is 8.92. The lowest BCUT2D eigenvalue weighted by Gasteiger charge is -2.30. The van der Waals surface area contributed by atoms with Crippen molar-refractivity contribution >= 4 is 23.8 Å². The maximum absolute atomic E-state index is 12.6. The highest BCUT2D eigenvalue weighted by molar-refractivity contribution is 8.02. The quantitative estimate of drug-likeness (QED) is 0.296. The van der Waals surface area contributed by atoms with Gasteiger partial charge < -0.3 is 10.4 Å². The van der Waals surface area contributed by atoms with E-state index in [4.69, 9.17) is 0 Å². The Labute approximate surface area is 248 Å². The number of alkyl halides is 3.